The summed E-state index contributed by atoms with van der Waals surface area (Å²) in [6, 6.07) is 4.69. The molecule has 0 bridgehead atoms. The molecule has 0 aliphatic carbocycles. The van der Waals surface area contributed by atoms with Crippen LogP contribution in [0.5, 0.6) is 0 Å². The molecule has 2 aliphatic heterocycles. The third-order valence-corrected chi connectivity index (χ3v) is 4.90. The van der Waals surface area contributed by atoms with Gasteiger partial charge in [-0.1, -0.05) is 0 Å². The van der Waals surface area contributed by atoms with Gasteiger partial charge in [0.05, 0.1) is 5.60 Å². The van der Waals surface area contributed by atoms with Gasteiger partial charge in [0.25, 0.3) is 0 Å². The first kappa shape index (κ1) is 15.7. The van der Waals surface area contributed by atoms with E-state index in [1.54, 1.807) is 0 Å². The Balaban J connectivity index is 1.74. The third-order valence-electron chi connectivity index (χ3n) is 4.90. The molecule has 0 amide bonds. The number of ether oxygens (including phenoxy) is 1. The van der Waals surface area contributed by atoms with Crippen molar-refractivity contribution in [2.24, 2.45) is 0 Å². The van der Waals surface area contributed by atoms with Crippen LogP contribution in [-0.2, 0) is 4.74 Å². The molecule has 0 aromatic carbocycles. The van der Waals surface area contributed by atoms with Crippen LogP contribution >= 0.6 is 0 Å². The summed E-state index contributed by atoms with van der Waals surface area (Å²) >= 11 is 0. The summed E-state index contributed by atoms with van der Waals surface area (Å²) in [5.41, 5.74) is 0.727. The van der Waals surface area contributed by atoms with E-state index in [9.17, 15) is 5.11 Å². The number of hydrogen-bond acceptors (Lipinski definition) is 5. The Kier molecular flexibility index (Phi) is 4.66. The first-order chi connectivity index (χ1) is 10.6. The summed E-state index contributed by atoms with van der Waals surface area (Å²) in [6.45, 7) is 3.16. The molecular formula is C17H27N3O2. The van der Waals surface area contributed by atoms with Crippen LogP contribution in [0.2, 0.25) is 0 Å². The fraction of sp³-hybridized carbons (Fsp3) is 0.706. The quantitative estimate of drug-likeness (QED) is 0.919. The van der Waals surface area contributed by atoms with Crippen molar-refractivity contribution < 1.29 is 9.84 Å². The molecule has 2 saturated heterocycles. The standard InChI is InChI=1S/C17H27N3O2/c1-19(2)16-12-14(5-8-18-16)15-4-3-9-20(15)13-17(21)6-10-22-11-7-17/h5,8,12,15,21H,3-4,6-7,9-11,13H2,1-2H3/t15-/m0/s1. The highest BCUT2D eigenvalue weighted by molar-refractivity contribution is 5.40. The van der Waals surface area contributed by atoms with E-state index in [1.165, 1.54) is 12.0 Å². The van der Waals surface area contributed by atoms with Gasteiger partial charge in [0.15, 0.2) is 0 Å². The number of likely N-dealkylation sites (tertiary alicyclic amines) is 1. The maximum Gasteiger partial charge on any atom is 0.128 e. The van der Waals surface area contributed by atoms with E-state index < -0.39 is 5.60 Å². The number of rotatable bonds is 4. The summed E-state index contributed by atoms with van der Waals surface area (Å²) in [5.74, 6) is 0.995. The highest BCUT2D eigenvalue weighted by Gasteiger charge is 2.36. The molecule has 2 aliphatic rings. The fourth-order valence-electron chi connectivity index (χ4n) is 3.57. The zero-order chi connectivity index (χ0) is 15.6. The van der Waals surface area contributed by atoms with Crippen molar-refractivity contribution in [1.29, 1.82) is 0 Å². The van der Waals surface area contributed by atoms with Crippen LogP contribution < -0.4 is 4.90 Å². The molecule has 0 spiro atoms. The highest BCUT2D eigenvalue weighted by Crippen LogP contribution is 2.35. The SMILES string of the molecule is CN(C)c1cc([C@@H]2CCCN2CC2(O)CCOCC2)ccn1. The zero-order valence-corrected chi connectivity index (χ0v) is 13.7. The molecule has 0 radical (unpaired) electrons. The molecule has 3 rings (SSSR count). The van der Waals surface area contributed by atoms with Crippen LogP contribution in [-0.4, -0.2) is 61.0 Å². The number of pyridine rings is 1. The molecule has 1 atom stereocenters. The minimum atomic E-state index is -0.585. The number of aromatic nitrogens is 1. The number of β-amino-alcohol motifs (C(OH)–C–C–N with tert-alkyl or cyclic N) is 1. The van der Waals surface area contributed by atoms with Gasteiger partial charge in [0.1, 0.15) is 5.82 Å². The zero-order valence-electron chi connectivity index (χ0n) is 13.7. The van der Waals surface area contributed by atoms with E-state index in [-0.39, 0.29) is 0 Å². The largest absolute Gasteiger partial charge is 0.388 e. The van der Waals surface area contributed by atoms with Gasteiger partial charge in [0, 0.05) is 58.9 Å². The van der Waals surface area contributed by atoms with Crippen molar-refractivity contribution in [3.63, 3.8) is 0 Å². The average Bonchev–Trinajstić information content (AvgIpc) is 2.95. The van der Waals surface area contributed by atoms with E-state index >= 15 is 0 Å². The predicted molar refractivity (Wildman–Crippen MR) is 87.1 cm³/mol. The number of anilines is 1. The lowest BCUT2D eigenvalue weighted by molar-refractivity contribution is -0.0815. The van der Waals surface area contributed by atoms with Crippen LogP contribution in [0, 0.1) is 0 Å². The Morgan fingerprint density at radius 3 is 2.91 bits per heavy atom. The molecule has 1 N–H and O–H groups in total. The van der Waals surface area contributed by atoms with E-state index in [1.807, 2.05) is 25.2 Å². The predicted octanol–water partition coefficient (Wildman–Crippen LogP) is 1.83. The van der Waals surface area contributed by atoms with Crippen molar-refractivity contribution in [1.82, 2.24) is 9.88 Å². The van der Waals surface area contributed by atoms with Crippen molar-refractivity contribution in [2.45, 2.75) is 37.3 Å². The summed E-state index contributed by atoms with van der Waals surface area (Å²) in [5, 5.41) is 10.8. The Morgan fingerprint density at radius 1 is 1.41 bits per heavy atom. The van der Waals surface area contributed by atoms with Crippen molar-refractivity contribution in [2.75, 3.05) is 45.3 Å². The van der Waals surface area contributed by atoms with Crippen LogP contribution in [0.15, 0.2) is 18.3 Å². The van der Waals surface area contributed by atoms with Gasteiger partial charge >= 0.3 is 0 Å². The van der Waals surface area contributed by atoms with Gasteiger partial charge in [-0.3, -0.25) is 4.90 Å². The summed E-state index contributed by atoms with van der Waals surface area (Å²) in [7, 11) is 4.03. The second-order valence-electron chi connectivity index (χ2n) is 6.81. The molecule has 1 aromatic heterocycles. The second-order valence-corrected chi connectivity index (χ2v) is 6.81. The Morgan fingerprint density at radius 2 is 2.18 bits per heavy atom. The Bertz CT molecular complexity index is 500. The third kappa shape index (κ3) is 3.42. The Labute approximate surface area is 132 Å². The molecule has 1 aromatic rings. The number of nitrogens with zero attached hydrogens (tertiary/aromatic N) is 3. The van der Waals surface area contributed by atoms with Gasteiger partial charge in [-0.2, -0.15) is 0 Å². The van der Waals surface area contributed by atoms with E-state index in [0.717, 1.165) is 38.2 Å². The molecule has 3 heterocycles. The smallest absolute Gasteiger partial charge is 0.128 e. The molecule has 22 heavy (non-hydrogen) atoms. The molecule has 5 nitrogen and oxygen atoms in total. The van der Waals surface area contributed by atoms with E-state index in [2.05, 4.69) is 22.0 Å². The highest BCUT2D eigenvalue weighted by atomic mass is 16.5. The van der Waals surface area contributed by atoms with Crippen LogP contribution in [0.4, 0.5) is 5.82 Å². The summed E-state index contributed by atoms with van der Waals surface area (Å²) in [6.07, 6.45) is 5.73. The van der Waals surface area contributed by atoms with Gasteiger partial charge < -0.3 is 14.7 Å². The van der Waals surface area contributed by atoms with Gasteiger partial charge in [-0.25, -0.2) is 4.98 Å². The van der Waals surface area contributed by atoms with Gasteiger partial charge in [-0.15, -0.1) is 0 Å². The second kappa shape index (κ2) is 6.52. The lowest BCUT2D eigenvalue weighted by atomic mass is 9.93. The van der Waals surface area contributed by atoms with Crippen molar-refractivity contribution in [3.8, 4) is 0 Å². The molecular weight excluding hydrogens is 278 g/mol. The minimum Gasteiger partial charge on any atom is -0.388 e. The first-order valence-electron chi connectivity index (χ1n) is 8.25. The van der Waals surface area contributed by atoms with Crippen LogP contribution in [0.25, 0.3) is 0 Å². The van der Waals surface area contributed by atoms with E-state index in [0.29, 0.717) is 19.3 Å². The normalized spacial score (nSPS) is 25.3. The van der Waals surface area contributed by atoms with Crippen LogP contribution in [0.3, 0.4) is 0 Å². The van der Waals surface area contributed by atoms with Crippen LogP contribution in [0.1, 0.15) is 37.3 Å². The van der Waals surface area contributed by atoms with E-state index in [4.69, 9.17) is 4.74 Å². The maximum absolute atomic E-state index is 10.8. The monoisotopic (exact) mass is 305 g/mol. The fourth-order valence-corrected chi connectivity index (χ4v) is 3.57. The number of hydrogen-bond donors (Lipinski definition) is 1. The molecule has 5 heteroatoms. The molecule has 0 saturated carbocycles. The maximum atomic E-state index is 10.8. The minimum absolute atomic E-state index is 0.397. The van der Waals surface area contributed by atoms with Gasteiger partial charge in [-0.05, 0) is 37.1 Å². The lowest BCUT2D eigenvalue weighted by Crippen LogP contribution is -2.46. The molecule has 122 valence electrons. The topological polar surface area (TPSA) is 48.8 Å². The Hall–Kier alpha value is -1.17. The average molecular weight is 305 g/mol. The van der Waals surface area contributed by atoms with Crippen molar-refractivity contribution in [3.05, 3.63) is 23.9 Å². The lowest BCUT2D eigenvalue weighted by Gasteiger charge is -2.37. The molecule has 2 fully saturated rings. The number of aliphatic hydroxyl groups is 1. The summed E-state index contributed by atoms with van der Waals surface area (Å²) in [4.78, 5) is 8.89. The first-order valence-corrected chi connectivity index (χ1v) is 8.25. The summed E-state index contributed by atoms with van der Waals surface area (Å²) < 4.78 is 5.39. The molecule has 0 unspecified atom stereocenters. The van der Waals surface area contributed by atoms with Gasteiger partial charge in [0.2, 0.25) is 0 Å². The van der Waals surface area contributed by atoms with Crippen molar-refractivity contribution >= 4 is 5.82 Å².